The molecule has 1 unspecified atom stereocenters. The van der Waals surface area contributed by atoms with E-state index in [0.29, 0.717) is 23.5 Å². The van der Waals surface area contributed by atoms with Crippen LogP contribution in [0.15, 0.2) is 18.2 Å². The van der Waals surface area contributed by atoms with E-state index >= 15 is 0 Å². The van der Waals surface area contributed by atoms with Crippen molar-refractivity contribution in [2.24, 2.45) is 5.92 Å². The summed E-state index contributed by atoms with van der Waals surface area (Å²) >= 11 is 6.05. The number of benzene rings is 1. The molecule has 1 aromatic carbocycles. The molecule has 0 aliphatic carbocycles. The number of nitro benzene ring substituents is 1. The number of halogens is 1. The topological polar surface area (TPSA) is 55.2 Å². The fraction of sp³-hybridized carbons (Fsp3) is 0.571. The Hall–Kier alpha value is -1.13. The normalized spacial score (nSPS) is 12.7. The number of rotatable bonds is 7. The second-order valence-electron chi connectivity index (χ2n) is 5.29. The molecule has 0 aromatic heterocycles. The quantitative estimate of drug-likeness (QED) is 0.604. The van der Waals surface area contributed by atoms with Crippen LogP contribution < -0.4 is 5.32 Å². The van der Waals surface area contributed by atoms with Gasteiger partial charge in [-0.15, -0.1) is 0 Å². The standard InChI is InChI=1S/C14H21ClN2O2/c1-10(2)4-5-11(3)16-9-12-8-13(17(18)19)6-7-14(12)15/h6-8,10-11,16H,4-5,9H2,1-3H3. The summed E-state index contributed by atoms with van der Waals surface area (Å²) in [5.41, 5.74) is 0.850. The zero-order valence-electron chi connectivity index (χ0n) is 11.6. The van der Waals surface area contributed by atoms with Gasteiger partial charge in [0.05, 0.1) is 4.92 Å². The van der Waals surface area contributed by atoms with Gasteiger partial charge in [-0.25, -0.2) is 0 Å². The Balaban J connectivity index is 2.57. The second-order valence-corrected chi connectivity index (χ2v) is 5.69. The summed E-state index contributed by atoms with van der Waals surface area (Å²) in [6, 6.07) is 4.91. The van der Waals surface area contributed by atoms with E-state index in [9.17, 15) is 10.1 Å². The van der Waals surface area contributed by atoms with Crippen molar-refractivity contribution < 1.29 is 4.92 Å². The lowest BCUT2D eigenvalue weighted by molar-refractivity contribution is -0.384. The molecule has 0 heterocycles. The van der Waals surface area contributed by atoms with Gasteiger partial charge in [-0.3, -0.25) is 10.1 Å². The predicted molar refractivity (Wildman–Crippen MR) is 78.5 cm³/mol. The molecule has 0 spiro atoms. The van der Waals surface area contributed by atoms with Crippen LogP contribution in [0.3, 0.4) is 0 Å². The zero-order chi connectivity index (χ0) is 14.4. The van der Waals surface area contributed by atoms with Crippen molar-refractivity contribution in [2.45, 2.75) is 46.2 Å². The van der Waals surface area contributed by atoms with E-state index in [4.69, 9.17) is 11.6 Å². The van der Waals surface area contributed by atoms with E-state index in [1.54, 1.807) is 6.07 Å². The minimum Gasteiger partial charge on any atom is -0.310 e. The maximum Gasteiger partial charge on any atom is 0.269 e. The minimum atomic E-state index is -0.401. The van der Waals surface area contributed by atoms with E-state index in [1.807, 2.05) is 0 Å². The maximum atomic E-state index is 10.7. The summed E-state index contributed by atoms with van der Waals surface area (Å²) in [6.45, 7) is 7.07. The summed E-state index contributed by atoms with van der Waals surface area (Å²) in [5.74, 6) is 0.686. The molecular formula is C14H21ClN2O2. The van der Waals surface area contributed by atoms with Gasteiger partial charge < -0.3 is 5.32 Å². The maximum absolute atomic E-state index is 10.7. The highest BCUT2D eigenvalue weighted by molar-refractivity contribution is 6.31. The van der Waals surface area contributed by atoms with Crippen LogP contribution in [0.25, 0.3) is 0 Å². The van der Waals surface area contributed by atoms with Crippen LogP contribution in [0.4, 0.5) is 5.69 Å². The van der Waals surface area contributed by atoms with Gasteiger partial charge in [-0.2, -0.15) is 0 Å². The van der Waals surface area contributed by atoms with Gasteiger partial charge in [0.15, 0.2) is 0 Å². The lowest BCUT2D eigenvalue weighted by Crippen LogP contribution is -2.25. The smallest absolute Gasteiger partial charge is 0.269 e. The Morgan fingerprint density at radius 1 is 1.32 bits per heavy atom. The Bertz CT molecular complexity index is 435. The van der Waals surface area contributed by atoms with Gasteiger partial charge >= 0.3 is 0 Å². The first-order valence-corrected chi connectivity index (χ1v) is 6.94. The number of nitrogens with one attached hydrogen (secondary N) is 1. The van der Waals surface area contributed by atoms with Crippen LogP contribution in [-0.2, 0) is 6.54 Å². The molecule has 0 radical (unpaired) electrons. The van der Waals surface area contributed by atoms with Crippen LogP contribution in [0.2, 0.25) is 5.02 Å². The molecule has 0 amide bonds. The van der Waals surface area contributed by atoms with E-state index < -0.39 is 4.92 Å². The fourth-order valence-electron chi connectivity index (χ4n) is 1.78. The highest BCUT2D eigenvalue weighted by atomic mass is 35.5. The third-order valence-electron chi connectivity index (χ3n) is 3.06. The first kappa shape index (κ1) is 15.9. The molecule has 106 valence electrons. The fourth-order valence-corrected chi connectivity index (χ4v) is 1.96. The second kappa shape index (κ2) is 7.46. The van der Waals surface area contributed by atoms with Crippen molar-refractivity contribution in [3.63, 3.8) is 0 Å². The summed E-state index contributed by atoms with van der Waals surface area (Å²) in [4.78, 5) is 10.3. The monoisotopic (exact) mass is 284 g/mol. The van der Waals surface area contributed by atoms with Crippen LogP contribution in [-0.4, -0.2) is 11.0 Å². The summed E-state index contributed by atoms with van der Waals surface area (Å²) in [6.07, 6.45) is 2.25. The highest BCUT2D eigenvalue weighted by Gasteiger charge is 2.10. The number of hydrogen-bond acceptors (Lipinski definition) is 3. The number of non-ortho nitro benzene ring substituents is 1. The van der Waals surface area contributed by atoms with Crippen molar-refractivity contribution in [3.8, 4) is 0 Å². The molecule has 0 aliphatic rings. The summed E-state index contributed by atoms with van der Waals surface area (Å²) in [5, 5.41) is 14.6. The van der Waals surface area contributed by atoms with Crippen molar-refractivity contribution in [1.29, 1.82) is 0 Å². The number of nitrogens with zero attached hydrogens (tertiary/aromatic N) is 1. The molecule has 0 bridgehead atoms. The Morgan fingerprint density at radius 3 is 2.58 bits per heavy atom. The summed E-state index contributed by atoms with van der Waals surface area (Å²) in [7, 11) is 0. The van der Waals surface area contributed by atoms with Gasteiger partial charge in [0.25, 0.3) is 5.69 Å². The molecule has 0 saturated heterocycles. The first-order chi connectivity index (χ1) is 8.90. The molecule has 0 aliphatic heterocycles. The largest absolute Gasteiger partial charge is 0.310 e. The van der Waals surface area contributed by atoms with Gasteiger partial charge in [-0.05, 0) is 37.3 Å². The van der Waals surface area contributed by atoms with Gasteiger partial charge in [0.2, 0.25) is 0 Å². The average Bonchev–Trinajstić information content (AvgIpc) is 2.35. The summed E-state index contributed by atoms with van der Waals surface area (Å²) < 4.78 is 0. The SMILES string of the molecule is CC(C)CCC(C)NCc1cc([N+](=O)[O-])ccc1Cl. The molecule has 4 nitrogen and oxygen atoms in total. The van der Waals surface area contributed by atoms with Crippen LogP contribution in [0.5, 0.6) is 0 Å². The van der Waals surface area contributed by atoms with E-state index in [0.717, 1.165) is 18.4 Å². The van der Waals surface area contributed by atoms with Crippen molar-refractivity contribution in [3.05, 3.63) is 38.9 Å². The molecule has 5 heteroatoms. The molecule has 0 saturated carbocycles. The molecule has 19 heavy (non-hydrogen) atoms. The molecule has 1 aromatic rings. The Labute approximate surface area is 119 Å². The Morgan fingerprint density at radius 2 is 2.00 bits per heavy atom. The van der Waals surface area contributed by atoms with Crippen molar-refractivity contribution in [2.75, 3.05) is 0 Å². The average molecular weight is 285 g/mol. The molecule has 0 fully saturated rings. The lowest BCUT2D eigenvalue weighted by atomic mass is 10.0. The van der Waals surface area contributed by atoms with Gasteiger partial charge in [0, 0.05) is 29.7 Å². The minimum absolute atomic E-state index is 0.0797. The van der Waals surface area contributed by atoms with Crippen molar-refractivity contribution >= 4 is 17.3 Å². The van der Waals surface area contributed by atoms with Gasteiger partial charge in [-0.1, -0.05) is 25.4 Å². The van der Waals surface area contributed by atoms with Crippen LogP contribution >= 0.6 is 11.6 Å². The third-order valence-corrected chi connectivity index (χ3v) is 3.43. The molecule has 1 atom stereocenters. The highest BCUT2D eigenvalue weighted by Crippen LogP contribution is 2.22. The van der Waals surface area contributed by atoms with E-state index in [-0.39, 0.29) is 5.69 Å². The third kappa shape index (κ3) is 5.57. The Kier molecular flexibility index (Phi) is 6.25. The van der Waals surface area contributed by atoms with Crippen LogP contribution in [0.1, 0.15) is 39.2 Å². The van der Waals surface area contributed by atoms with E-state index in [1.165, 1.54) is 12.1 Å². The van der Waals surface area contributed by atoms with E-state index in [2.05, 4.69) is 26.1 Å². The van der Waals surface area contributed by atoms with Gasteiger partial charge in [0.1, 0.15) is 0 Å². The molecule has 1 N–H and O–H groups in total. The molecule has 1 rings (SSSR count). The predicted octanol–water partition coefficient (Wildman–Crippen LogP) is 4.16. The first-order valence-electron chi connectivity index (χ1n) is 6.56. The van der Waals surface area contributed by atoms with Crippen molar-refractivity contribution in [1.82, 2.24) is 5.32 Å². The molecular weight excluding hydrogens is 264 g/mol. The zero-order valence-corrected chi connectivity index (χ0v) is 12.4. The number of nitro groups is 1. The van der Waals surface area contributed by atoms with Crippen LogP contribution in [0, 0.1) is 16.0 Å². The number of hydrogen-bond donors (Lipinski definition) is 1. The lowest BCUT2D eigenvalue weighted by Gasteiger charge is -2.15.